The molecule has 0 saturated carbocycles. The molecule has 0 bridgehead atoms. The van der Waals surface area contributed by atoms with E-state index in [1.165, 1.54) is 16.7 Å². The van der Waals surface area contributed by atoms with Crippen molar-refractivity contribution in [3.8, 4) is 68.6 Å². The maximum Gasteiger partial charge on any atom is 0.204 e. The summed E-state index contributed by atoms with van der Waals surface area (Å²) in [4.78, 5) is 4.77. The number of methoxy groups -OCH3 is 8. The summed E-state index contributed by atoms with van der Waals surface area (Å²) in [7, 11) is 17.7. The van der Waals surface area contributed by atoms with Gasteiger partial charge in [0.05, 0.1) is 56.9 Å². The van der Waals surface area contributed by atoms with Crippen LogP contribution in [-0.2, 0) is 25.7 Å². The second kappa shape index (κ2) is 14.8. The van der Waals surface area contributed by atoms with Gasteiger partial charge >= 0.3 is 0 Å². The van der Waals surface area contributed by atoms with E-state index < -0.39 is 0 Å². The molecule has 0 spiro atoms. The first-order chi connectivity index (χ1) is 25.7. The molecule has 0 aromatic heterocycles. The van der Waals surface area contributed by atoms with Gasteiger partial charge in [-0.3, -0.25) is 9.80 Å². The van der Waals surface area contributed by atoms with Crippen LogP contribution in [0.25, 0.3) is 11.1 Å². The molecule has 7 rings (SSSR count). The van der Waals surface area contributed by atoms with Gasteiger partial charge in [-0.15, -0.1) is 0 Å². The monoisotopic (exact) mass is 726 g/mol. The summed E-state index contributed by atoms with van der Waals surface area (Å²) in [5.74, 6) is 6.42. The van der Waals surface area contributed by atoms with Gasteiger partial charge < -0.3 is 42.6 Å². The average Bonchev–Trinajstić information content (AvgIpc) is 3.18. The molecule has 0 saturated heterocycles. The minimum absolute atomic E-state index is 0.0648. The van der Waals surface area contributed by atoms with Gasteiger partial charge in [-0.2, -0.15) is 0 Å². The van der Waals surface area contributed by atoms with E-state index in [0.717, 1.165) is 77.4 Å². The third-order valence-corrected chi connectivity index (χ3v) is 11.2. The summed E-state index contributed by atoms with van der Waals surface area (Å²) >= 11 is 0. The number of rotatable bonds is 12. The van der Waals surface area contributed by atoms with Gasteiger partial charge in [-0.05, 0) is 103 Å². The predicted octanol–water partition coefficient (Wildman–Crippen LogP) is 7.07. The van der Waals surface area contributed by atoms with Crippen LogP contribution in [0.3, 0.4) is 0 Å². The molecule has 11 nitrogen and oxygen atoms in total. The normalized spacial score (nSPS) is 17.5. The maximum absolute atomic E-state index is 6.80. The van der Waals surface area contributed by atoms with E-state index in [1.54, 1.807) is 56.9 Å². The lowest BCUT2D eigenvalue weighted by Gasteiger charge is -2.41. The minimum atomic E-state index is 0.0648. The van der Waals surface area contributed by atoms with Gasteiger partial charge in [0.15, 0.2) is 46.0 Å². The van der Waals surface area contributed by atoms with E-state index in [-0.39, 0.29) is 12.1 Å². The molecule has 0 fully saturated rings. The fraction of sp³-hybridized carbons (Fsp3) is 0.429. The summed E-state index contributed by atoms with van der Waals surface area (Å²) in [6.45, 7) is 1.80. The average molecular weight is 727 g/mol. The second-order valence-corrected chi connectivity index (χ2v) is 13.8. The van der Waals surface area contributed by atoms with Crippen LogP contribution in [0.4, 0.5) is 0 Å². The highest BCUT2D eigenvalue weighted by Crippen LogP contribution is 2.58. The molecule has 2 atom stereocenters. The Morgan fingerprint density at radius 2 is 1.13 bits per heavy atom. The lowest BCUT2D eigenvalue weighted by atomic mass is 9.76. The Morgan fingerprint density at radius 1 is 0.547 bits per heavy atom. The summed E-state index contributed by atoms with van der Waals surface area (Å²) in [6.07, 6.45) is 3.21. The Hall–Kier alpha value is -5.00. The fourth-order valence-electron chi connectivity index (χ4n) is 8.52. The number of benzene rings is 4. The highest BCUT2D eigenvalue weighted by molar-refractivity contribution is 5.87. The zero-order chi connectivity index (χ0) is 37.6. The van der Waals surface area contributed by atoms with Crippen molar-refractivity contribution in [2.45, 2.75) is 37.8 Å². The van der Waals surface area contributed by atoms with Crippen LogP contribution in [0.1, 0.15) is 45.5 Å². The number of nitrogens with zero attached hydrogens (tertiary/aromatic N) is 2. The zero-order valence-electron chi connectivity index (χ0n) is 32.4. The molecule has 282 valence electrons. The maximum atomic E-state index is 6.80. The van der Waals surface area contributed by atoms with Crippen molar-refractivity contribution in [3.05, 3.63) is 69.8 Å². The highest BCUT2D eigenvalue weighted by atomic mass is 16.5. The van der Waals surface area contributed by atoms with E-state index in [4.69, 9.17) is 42.6 Å². The zero-order valence-corrected chi connectivity index (χ0v) is 32.4. The van der Waals surface area contributed by atoms with E-state index in [2.05, 4.69) is 42.1 Å². The molecule has 0 N–H and O–H groups in total. The van der Waals surface area contributed by atoms with E-state index in [1.807, 2.05) is 18.2 Å². The molecule has 53 heavy (non-hydrogen) atoms. The number of fused-ring (bicyclic) bond motifs is 3. The van der Waals surface area contributed by atoms with Crippen LogP contribution in [0.15, 0.2) is 36.4 Å². The molecule has 4 aromatic rings. The Kier molecular flexibility index (Phi) is 10.1. The molecule has 2 aliphatic heterocycles. The minimum Gasteiger partial charge on any atom is -0.496 e. The molecule has 4 aromatic carbocycles. The lowest BCUT2D eigenvalue weighted by Crippen LogP contribution is -2.36. The summed E-state index contributed by atoms with van der Waals surface area (Å²) in [5, 5.41) is 0. The number of hydrogen-bond donors (Lipinski definition) is 0. The molecule has 1 aliphatic carbocycles. The first-order valence-electron chi connectivity index (χ1n) is 17.9. The van der Waals surface area contributed by atoms with Gasteiger partial charge in [-0.1, -0.05) is 0 Å². The number of likely N-dealkylation sites (N-methyl/N-ethyl adjacent to an activating group) is 2. The molecule has 0 unspecified atom stereocenters. The van der Waals surface area contributed by atoms with Crippen LogP contribution >= 0.6 is 0 Å². The van der Waals surface area contributed by atoms with Crippen LogP contribution < -0.4 is 42.6 Å². The summed E-state index contributed by atoms with van der Waals surface area (Å²) < 4.78 is 53.9. The van der Waals surface area contributed by atoms with Crippen LogP contribution in [0.5, 0.6) is 57.5 Å². The molecule has 3 aliphatic rings. The smallest absolute Gasteiger partial charge is 0.204 e. The first kappa shape index (κ1) is 36.4. The largest absolute Gasteiger partial charge is 0.496 e. The Balaban J connectivity index is 1.32. The van der Waals surface area contributed by atoms with Crippen LogP contribution in [0, 0.1) is 0 Å². The van der Waals surface area contributed by atoms with Gasteiger partial charge in [-0.25, -0.2) is 0 Å². The standard InChI is InChI=1S/C42H50N2O9/c1-43-13-11-23-17-32(46-4)33(47-5)20-27(23)29(43)16-25-19-37(35(49-7)22-31(25)45-3)53-36-18-24-15-30-38-26(12-14-44(30)2)40(50-8)42(52-10)41(51-9)39(38)28(24)21-34(36)48-6/h17-22,29-30H,11-16H2,1-10H3/t29-,30+/m0/s1. The topological polar surface area (TPSA) is 89.6 Å². The molecule has 11 heteroatoms. The highest BCUT2D eigenvalue weighted by Gasteiger charge is 2.40. The molecule has 0 radical (unpaired) electrons. The van der Waals surface area contributed by atoms with Crippen molar-refractivity contribution in [2.24, 2.45) is 0 Å². The third kappa shape index (κ3) is 6.09. The van der Waals surface area contributed by atoms with Crippen LogP contribution in [0.2, 0.25) is 0 Å². The van der Waals surface area contributed by atoms with E-state index in [9.17, 15) is 0 Å². The van der Waals surface area contributed by atoms with E-state index >= 15 is 0 Å². The SMILES string of the molecule is COc1cc(OC)c(Oc2cc3c(cc2OC)-c2c(OC)c(OC)c(OC)c4c2[C@@H](C3)N(C)CC4)cc1C[C@H]1c2cc(OC)c(OC)cc2CCN1C. The third-order valence-electron chi connectivity index (χ3n) is 11.2. The number of ether oxygens (including phenoxy) is 9. The molecular weight excluding hydrogens is 676 g/mol. The van der Waals surface area contributed by atoms with Crippen LogP contribution in [-0.4, -0.2) is 93.9 Å². The van der Waals surface area contributed by atoms with Crippen molar-refractivity contribution >= 4 is 0 Å². The van der Waals surface area contributed by atoms with Crippen molar-refractivity contribution < 1.29 is 42.6 Å². The number of hydrogen-bond acceptors (Lipinski definition) is 11. The Bertz CT molecular complexity index is 2030. The van der Waals surface area contributed by atoms with Crippen molar-refractivity contribution in [2.75, 3.05) is 84.1 Å². The van der Waals surface area contributed by atoms with Gasteiger partial charge in [0.2, 0.25) is 5.75 Å². The summed E-state index contributed by atoms with van der Waals surface area (Å²) in [5.41, 5.74) is 8.93. The second-order valence-electron chi connectivity index (χ2n) is 13.8. The quantitative estimate of drug-likeness (QED) is 0.150. The van der Waals surface area contributed by atoms with Gasteiger partial charge in [0.1, 0.15) is 5.75 Å². The molecule has 2 heterocycles. The van der Waals surface area contributed by atoms with Crippen molar-refractivity contribution in [3.63, 3.8) is 0 Å². The van der Waals surface area contributed by atoms with Gasteiger partial charge in [0, 0.05) is 42.4 Å². The predicted molar refractivity (Wildman–Crippen MR) is 203 cm³/mol. The first-order valence-corrected chi connectivity index (χ1v) is 17.9. The van der Waals surface area contributed by atoms with Crippen molar-refractivity contribution in [1.29, 1.82) is 0 Å². The Morgan fingerprint density at radius 3 is 1.79 bits per heavy atom. The van der Waals surface area contributed by atoms with Crippen molar-refractivity contribution in [1.82, 2.24) is 9.80 Å². The van der Waals surface area contributed by atoms with Gasteiger partial charge in [0.25, 0.3) is 0 Å². The van der Waals surface area contributed by atoms with E-state index in [0.29, 0.717) is 46.7 Å². The molecule has 0 amide bonds. The molecular formula is C42H50N2O9. The summed E-state index contributed by atoms with van der Waals surface area (Å²) in [6, 6.07) is 12.4. The lowest BCUT2D eigenvalue weighted by molar-refractivity contribution is 0.222. The Labute approximate surface area is 312 Å². The fourth-order valence-corrected chi connectivity index (χ4v) is 8.52.